The van der Waals surface area contributed by atoms with Gasteiger partial charge in [-0.15, -0.1) is 11.3 Å². The molecule has 0 spiro atoms. The normalized spacial score (nSPS) is 13.3. The molecule has 3 N–H and O–H groups in total. The van der Waals surface area contributed by atoms with Gasteiger partial charge >= 0.3 is 0 Å². The van der Waals surface area contributed by atoms with E-state index >= 15 is 0 Å². The Balaban J connectivity index is 1.74. The Bertz CT molecular complexity index is 650. The lowest BCUT2D eigenvalue weighted by Gasteiger charge is -2.15. The fourth-order valence-corrected chi connectivity index (χ4v) is 3.25. The van der Waals surface area contributed by atoms with Crippen LogP contribution in [0.5, 0.6) is 0 Å². The van der Waals surface area contributed by atoms with Crippen molar-refractivity contribution in [1.29, 1.82) is 0 Å². The number of nitrogens with two attached hydrogens (primary N) is 1. The van der Waals surface area contributed by atoms with Gasteiger partial charge in [-0.25, -0.2) is 0 Å². The number of rotatable bonds is 3. The molecule has 1 aromatic heterocycles. The van der Waals surface area contributed by atoms with Gasteiger partial charge in [0.15, 0.2) is 0 Å². The highest BCUT2D eigenvalue weighted by Crippen LogP contribution is 2.31. The second-order valence-electron chi connectivity index (χ2n) is 4.92. The van der Waals surface area contributed by atoms with Crippen LogP contribution in [0.25, 0.3) is 0 Å². The van der Waals surface area contributed by atoms with Gasteiger partial charge in [-0.2, -0.15) is 0 Å². The number of nitrogens with zero attached hydrogens (tertiary/aromatic N) is 1. The number of thiophene rings is 1. The summed E-state index contributed by atoms with van der Waals surface area (Å²) in [6.45, 7) is 3.13. The van der Waals surface area contributed by atoms with E-state index in [1.165, 1.54) is 5.56 Å². The molecule has 4 nitrogen and oxygen atoms in total. The zero-order valence-corrected chi connectivity index (χ0v) is 12.2. The zero-order chi connectivity index (χ0) is 14.1. The standard InChI is InChI=1S/C15H17N3OS/c1-10(19)18-6-4-11-8-12(2-3-14(11)18)17-9-15-13(16)5-7-20-15/h2-3,5,7-8,17H,4,6,9,16H2,1H3. The monoisotopic (exact) mass is 287 g/mol. The summed E-state index contributed by atoms with van der Waals surface area (Å²) in [5, 5.41) is 5.39. The number of anilines is 3. The number of hydrogen-bond donors (Lipinski definition) is 2. The molecule has 0 aliphatic carbocycles. The summed E-state index contributed by atoms with van der Waals surface area (Å²) in [4.78, 5) is 14.5. The van der Waals surface area contributed by atoms with Crippen molar-refractivity contribution >= 4 is 34.3 Å². The van der Waals surface area contributed by atoms with E-state index < -0.39 is 0 Å². The van der Waals surface area contributed by atoms with Gasteiger partial charge in [0.05, 0.1) is 6.54 Å². The Kier molecular flexibility index (Phi) is 3.36. The molecule has 3 rings (SSSR count). The van der Waals surface area contributed by atoms with Crippen LogP contribution in [0.1, 0.15) is 17.4 Å². The number of benzene rings is 1. The van der Waals surface area contributed by atoms with E-state index in [1.54, 1.807) is 18.3 Å². The summed E-state index contributed by atoms with van der Waals surface area (Å²) in [7, 11) is 0. The highest BCUT2D eigenvalue weighted by atomic mass is 32.1. The van der Waals surface area contributed by atoms with Crippen molar-refractivity contribution < 1.29 is 4.79 Å². The van der Waals surface area contributed by atoms with Crippen molar-refractivity contribution in [1.82, 2.24) is 0 Å². The molecule has 0 bridgehead atoms. The molecule has 1 aromatic carbocycles. The van der Waals surface area contributed by atoms with E-state index in [1.807, 2.05) is 28.5 Å². The Morgan fingerprint density at radius 1 is 1.45 bits per heavy atom. The minimum atomic E-state index is 0.107. The largest absolute Gasteiger partial charge is 0.398 e. The maximum absolute atomic E-state index is 11.5. The van der Waals surface area contributed by atoms with Crippen LogP contribution in [-0.4, -0.2) is 12.5 Å². The lowest BCUT2D eigenvalue weighted by molar-refractivity contribution is -0.116. The molecule has 0 fully saturated rings. The van der Waals surface area contributed by atoms with Crippen LogP contribution in [0.2, 0.25) is 0 Å². The second kappa shape index (κ2) is 5.17. The number of nitrogen functional groups attached to an aromatic ring is 1. The van der Waals surface area contributed by atoms with E-state index in [0.29, 0.717) is 0 Å². The molecule has 1 aliphatic heterocycles. The molecule has 0 atom stereocenters. The minimum absolute atomic E-state index is 0.107. The summed E-state index contributed by atoms with van der Waals surface area (Å²) in [6, 6.07) is 8.09. The maximum Gasteiger partial charge on any atom is 0.223 e. The smallest absolute Gasteiger partial charge is 0.223 e. The molecule has 5 heteroatoms. The summed E-state index contributed by atoms with van der Waals surface area (Å²) in [5.41, 5.74) is 10.0. The number of amides is 1. The molecular formula is C15H17N3OS. The molecule has 2 heterocycles. The van der Waals surface area contributed by atoms with Gasteiger partial charge in [-0.3, -0.25) is 4.79 Å². The molecule has 20 heavy (non-hydrogen) atoms. The highest BCUT2D eigenvalue weighted by molar-refractivity contribution is 7.10. The number of nitrogens with one attached hydrogen (secondary N) is 1. The van der Waals surface area contributed by atoms with Crippen molar-refractivity contribution in [2.45, 2.75) is 19.9 Å². The maximum atomic E-state index is 11.5. The molecule has 0 radical (unpaired) electrons. The molecule has 2 aromatic rings. The summed E-state index contributed by atoms with van der Waals surface area (Å²) >= 11 is 1.66. The first-order valence-corrected chi connectivity index (χ1v) is 7.50. The Morgan fingerprint density at radius 3 is 3.00 bits per heavy atom. The molecule has 0 saturated carbocycles. The van der Waals surface area contributed by atoms with E-state index in [0.717, 1.165) is 41.4 Å². The van der Waals surface area contributed by atoms with Gasteiger partial charge in [0.1, 0.15) is 0 Å². The number of carbonyl (C=O) groups excluding carboxylic acids is 1. The number of hydrogen-bond acceptors (Lipinski definition) is 4. The van der Waals surface area contributed by atoms with E-state index in [2.05, 4.69) is 11.4 Å². The lowest BCUT2D eigenvalue weighted by Crippen LogP contribution is -2.25. The molecule has 104 valence electrons. The Hall–Kier alpha value is -2.01. The predicted molar refractivity (Wildman–Crippen MR) is 84.2 cm³/mol. The second-order valence-corrected chi connectivity index (χ2v) is 5.92. The fourth-order valence-electron chi connectivity index (χ4n) is 2.52. The van der Waals surface area contributed by atoms with Crippen molar-refractivity contribution in [2.24, 2.45) is 0 Å². The summed E-state index contributed by atoms with van der Waals surface area (Å²) in [5.74, 6) is 0.107. The molecule has 0 saturated heterocycles. The van der Waals surface area contributed by atoms with Crippen LogP contribution < -0.4 is 16.0 Å². The van der Waals surface area contributed by atoms with Crippen LogP contribution in [0.3, 0.4) is 0 Å². The first kappa shape index (κ1) is 13.0. The first-order valence-electron chi connectivity index (χ1n) is 6.62. The third-order valence-electron chi connectivity index (χ3n) is 3.59. The van der Waals surface area contributed by atoms with Gasteiger partial charge in [0, 0.05) is 35.4 Å². The average molecular weight is 287 g/mol. The zero-order valence-electron chi connectivity index (χ0n) is 11.3. The lowest BCUT2D eigenvalue weighted by atomic mass is 10.1. The van der Waals surface area contributed by atoms with Gasteiger partial charge in [-0.05, 0) is 41.6 Å². The minimum Gasteiger partial charge on any atom is -0.398 e. The quantitative estimate of drug-likeness (QED) is 0.912. The van der Waals surface area contributed by atoms with Gasteiger partial charge in [0.25, 0.3) is 0 Å². The summed E-state index contributed by atoms with van der Waals surface area (Å²) < 4.78 is 0. The number of carbonyl (C=O) groups is 1. The molecule has 1 aliphatic rings. The van der Waals surface area contributed by atoms with E-state index in [4.69, 9.17) is 5.73 Å². The molecular weight excluding hydrogens is 270 g/mol. The van der Waals surface area contributed by atoms with Crippen LogP contribution in [0.4, 0.5) is 17.1 Å². The third kappa shape index (κ3) is 2.36. The Morgan fingerprint density at radius 2 is 2.30 bits per heavy atom. The van der Waals surface area contributed by atoms with Crippen molar-refractivity contribution in [2.75, 3.05) is 22.5 Å². The fraction of sp³-hybridized carbons (Fsp3) is 0.267. The predicted octanol–water partition coefficient (Wildman–Crippen LogP) is 2.85. The van der Waals surface area contributed by atoms with Crippen LogP contribution >= 0.6 is 11.3 Å². The van der Waals surface area contributed by atoms with Gasteiger partial charge in [-0.1, -0.05) is 0 Å². The molecule has 0 unspecified atom stereocenters. The average Bonchev–Trinajstić information content (AvgIpc) is 3.02. The van der Waals surface area contributed by atoms with Crippen LogP contribution in [0.15, 0.2) is 29.6 Å². The highest BCUT2D eigenvalue weighted by Gasteiger charge is 2.21. The van der Waals surface area contributed by atoms with Gasteiger partial charge < -0.3 is 16.0 Å². The SMILES string of the molecule is CC(=O)N1CCc2cc(NCc3sccc3N)ccc21. The van der Waals surface area contributed by atoms with E-state index in [9.17, 15) is 4.79 Å². The third-order valence-corrected chi connectivity index (χ3v) is 4.52. The first-order chi connectivity index (χ1) is 9.65. The van der Waals surface area contributed by atoms with Crippen molar-refractivity contribution in [3.05, 3.63) is 40.1 Å². The van der Waals surface area contributed by atoms with Crippen LogP contribution in [-0.2, 0) is 17.8 Å². The molecule has 1 amide bonds. The van der Waals surface area contributed by atoms with Gasteiger partial charge in [0.2, 0.25) is 5.91 Å². The van der Waals surface area contributed by atoms with E-state index in [-0.39, 0.29) is 5.91 Å². The number of fused-ring (bicyclic) bond motifs is 1. The van der Waals surface area contributed by atoms with Crippen LogP contribution in [0, 0.1) is 0 Å². The summed E-state index contributed by atoms with van der Waals surface area (Å²) in [6.07, 6.45) is 0.922. The van der Waals surface area contributed by atoms with Crippen molar-refractivity contribution in [3.63, 3.8) is 0 Å². The Labute approximate surface area is 122 Å². The van der Waals surface area contributed by atoms with Crippen molar-refractivity contribution in [3.8, 4) is 0 Å². The topological polar surface area (TPSA) is 58.4 Å².